The van der Waals surface area contributed by atoms with Gasteiger partial charge in [-0.15, -0.1) is 0 Å². The molecular weight excluding hydrogens is 191 g/mol. The maximum absolute atomic E-state index is 13.7. The third-order valence-corrected chi connectivity index (χ3v) is 3.32. The predicted octanol–water partition coefficient (Wildman–Crippen LogP) is 3.33. The summed E-state index contributed by atoms with van der Waals surface area (Å²) in [6, 6.07) is 6.50. The highest BCUT2D eigenvalue weighted by Crippen LogP contribution is 2.34. The number of rotatable bonds is 3. The summed E-state index contributed by atoms with van der Waals surface area (Å²) in [5.41, 5.74) is -0.238. The lowest BCUT2D eigenvalue weighted by Crippen LogP contribution is -2.37. The van der Waals surface area contributed by atoms with Gasteiger partial charge in [-0.25, -0.2) is 4.39 Å². The minimum atomic E-state index is -0.731. The van der Waals surface area contributed by atoms with E-state index in [1.807, 2.05) is 13.8 Å². The van der Waals surface area contributed by atoms with E-state index >= 15 is 0 Å². The van der Waals surface area contributed by atoms with Gasteiger partial charge >= 0.3 is 0 Å². The Morgan fingerprint density at radius 3 is 2.27 bits per heavy atom. The second kappa shape index (κ2) is 4.13. The molecule has 1 atom stereocenters. The largest absolute Gasteiger partial charge is 0.299 e. The van der Waals surface area contributed by atoms with Crippen molar-refractivity contribution in [2.24, 2.45) is 5.92 Å². The molecule has 1 unspecified atom stereocenters. The molecule has 0 bridgehead atoms. The topological polar surface area (TPSA) is 17.1 Å². The maximum Gasteiger partial charge on any atom is 0.140 e. The first-order chi connectivity index (χ1) is 6.90. The van der Waals surface area contributed by atoms with Crippen molar-refractivity contribution in [2.45, 2.75) is 33.1 Å². The Hall–Kier alpha value is -1.18. The van der Waals surface area contributed by atoms with Crippen molar-refractivity contribution < 1.29 is 9.18 Å². The van der Waals surface area contributed by atoms with Crippen LogP contribution in [0.1, 0.15) is 33.3 Å². The van der Waals surface area contributed by atoms with Crippen LogP contribution in [0.4, 0.5) is 4.39 Å². The van der Waals surface area contributed by atoms with E-state index in [1.165, 1.54) is 13.0 Å². The molecule has 0 saturated carbocycles. The van der Waals surface area contributed by atoms with Crippen molar-refractivity contribution in [2.75, 3.05) is 0 Å². The zero-order valence-corrected chi connectivity index (χ0v) is 9.67. The predicted molar refractivity (Wildman–Crippen MR) is 59.3 cm³/mol. The Labute approximate surface area is 90.3 Å². The fraction of sp³-hybridized carbons (Fsp3) is 0.462. The molecule has 0 aromatic heterocycles. The van der Waals surface area contributed by atoms with Crippen molar-refractivity contribution in [3.05, 3.63) is 35.6 Å². The molecule has 0 aliphatic carbocycles. The standard InChI is InChI=1S/C13H17FO/c1-9(2)13(4,10(3)15)11-7-5-6-8-12(11)14/h5-9H,1-4H3. The van der Waals surface area contributed by atoms with Crippen LogP contribution in [-0.2, 0) is 10.2 Å². The van der Waals surface area contributed by atoms with Crippen LogP contribution >= 0.6 is 0 Å². The highest BCUT2D eigenvalue weighted by molar-refractivity contribution is 5.87. The van der Waals surface area contributed by atoms with E-state index in [2.05, 4.69) is 0 Å². The second-order valence-corrected chi connectivity index (χ2v) is 4.39. The number of hydrogen-bond donors (Lipinski definition) is 0. The average molecular weight is 208 g/mol. The van der Waals surface area contributed by atoms with Crippen LogP contribution in [0.5, 0.6) is 0 Å². The zero-order chi connectivity index (χ0) is 11.6. The van der Waals surface area contributed by atoms with Crippen LogP contribution < -0.4 is 0 Å². The average Bonchev–Trinajstić information content (AvgIpc) is 2.16. The zero-order valence-electron chi connectivity index (χ0n) is 9.67. The van der Waals surface area contributed by atoms with E-state index in [0.717, 1.165) is 0 Å². The molecule has 82 valence electrons. The Morgan fingerprint density at radius 2 is 1.87 bits per heavy atom. The highest BCUT2D eigenvalue weighted by atomic mass is 19.1. The number of carbonyl (C=O) groups excluding carboxylic acids is 1. The Bertz CT molecular complexity index is 371. The van der Waals surface area contributed by atoms with Crippen LogP contribution in [-0.4, -0.2) is 5.78 Å². The van der Waals surface area contributed by atoms with Gasteiger partial charge in [-0.1, -0.05) is 32.0 Å². The normalized spacial score (nSPS) is 15.1. The molecule has 0 fully saturated rings. The summed E-state index contributed by atoms with van der Waals surface area (Å²) < 4.78 is 13.7. The lowest BCUT2D eigenvalue weighted by molar-refractivity contribution is -0.123. The van der Waals surface area contributed by atoms with Crippen molar-refractivity contribution in [3.8, 4) is 0 Å². The summed E-state index contributed by atoms with van der Waals surface area (Å²) in [7, 11) is 0. The second-order valence-electron chi connectivity index (χ2n) is 4.39. The first kappa shape index (κ1) is 11.9. The number of carbonyl (C=O) groups is 1. The number of Topliss-reactive ketones (excluding diaryl/α,β-unsaturated/α-hetero) is 1. The van der Waals surface area contributed by atoms with Gasteiger partial charge in [-0.3, -0.25) is 4.79 Å². The molecule has 0 amide bonds. The van der Waals surface area contributed by atoms with Gasteiger partial charge in [0.25, 0.3) is 0 Å². The first-order valence-electron chi connectivity index (χ1n) is 5.16. The minimum Gasteiger partial charge on any atom is -0.299 e. The summed E-state index contributed by atoms with van der Waals surface area (Å²) in [6.45, 7) is 7.20. The van der Waals surface area contributed by atoms with Gasteiger partial charge in [-0.05, 0) is 25.8 Å². The summed E-state index contributed by atoms with van der Waals surface area (Å²) in [4.78, 5) is 11.7. The van der Waals surface area contributed by atoms with Crippen LogP contribution in [0, 0.1) is 11.7 Å². The fourth-order valence-corrected chi connectivity index (χ4v) is 1.79. The van der Waals surface area contributed by atoms with E-state index < -0.39 is 5.41 Å². The molecular formula is C13H17FO. The summed E-state index contributed by atoms with van der Waals surface area (Å²) >= 11 is 0. The van der Waals surface area contributed by atoms with Gasteiger partial charge in [0.05, 0.1) is 5.41 Å². The van der Waals surface area contributed by atoms with Gasteiger partial charge in [-0.2, -0.15) is 0 Å². The van der Waals surface area contributed by atoms with Crippen molar-refractivity contribution >= 4 is 5.78 Å². The van der Waals surface area contributed by atoms with Gasteiger partial charge in [0.1, 0.15) is 11.6 Å². The molecule has 0 heterocycles. The van der Waals surface area contributed by atoms with E-state index in [4.69, 9.17) is 0 Å². The summed E-state index contributed by atoms with van der Waals surface area (Å²) in [5, 5.41) is 0. The Balaban J connectivity index is 3.34. The lowest BCUT2D eigenvalue weighted by Gasteiger charge is -2.31. The quantitative estimate of drug-likeness (QED) is 0.744. The maximum atomic E-state index is 13.7. The minimum absolute atomic E-state index is 0.00241. The summed E-state index contributed by atoms with van der Waals surface area (Å²) in [5.74, 6) is -0.224. The van der Waals surface area contributed by atoms with Crippen LogP contribution in [0.15, 0.2) is 24.3 Å². The van der Waals surface area contributed by atoms with E-state index in [-0.39, 0.29) is 17.5 Å². The summed E-state index contributed by atoms with van der Waals surface area (Å²) in [6.07, 6.45) is 0. The molecule has 1 aromatic carbocycles. The monoisotopic (exact) mass is 208 g/mol. The molecule has 1 nitrogen and oxygen atoms in total. The van der Waals surface area contributed by atoms with Gasteiger partial charge in [0.15, 0.2) is 0 Å². The SMILES string of the molecule is CC(=O)C(C)(c1ccccc1F)C(C)C. The van der Waals surface area contributed by atoms with E-state index in [9.17, 15) is 9.18 Å². The molecule has 2 heteroatoms. The fourth-order valence-electron chi connectivity index (χ4n) is 1.79. The van der Waals surface area contributed by atoms with Crippen LogP contribution in [0.2, 0.25) is 0 Å². The number of halogens is 1. The molecule has 1 rings (SSSR count). The molecule has 0 radical (unpaired) electrons. The lowest BCUT2D eigenvalue weighted by atomic mass is 9.70. The molecule has 0 aliphatic rings. The Kier molecular flexibility index (Phi) is 3.28. The van der Waals surface area contributed by atoms with Crippen molar-refractivity contribution in [1.29, 1.82) is 0 Å². The first-order valence-corrected chi connectivity index (χ1v) is 5.16. The molecule has 0 spiro atoms. The van der Waals surface area contributed by atoms with Crippen LogP contribution in [0.25, 0.3) is 0 Å². The van der Waals surface area contributed by atoms with E-state index in [1.54, 1.807) is 25.1 Å². The van der Waals surface area contributed by atoms with Gasteiger partial charge in [0, 0.05) is 5.56 Å². The molecule has 0 N–H and O–H groups in total. The third-order valence-electron chi connectivity index (χ3n) is 3.32. The number of benzene rings is 1. The van der Waals surface area contributed by atoms with Crippen LogP contribution in [0.3, 0.4) is 0 Å². The number of hydrogen-bond acceptors (Lipinski definition) is 1. The van der Waals surface area contributed by atoms with Crippen molar-refractivity contribution in [3.63, 3.8) is 0 Å². The van der Waals surface area contributed by atoms with E-state index in [0.29, 0.717) is 5.56 Å². The smallest absolute Gasteiger partial charge is 0.140 e. The van der Waals surface area contributed by atoms with Gasteiger partial charge in [0.2, 0.25) is 0 Å². The molecule has 0 saturated heterocycles. The third kappa shape index (κ3) is 1.94. The molecule has 1 aromatic rings. The number of ketones is 1. The van der Waals surface area contributed by atoms with Gasteiger partial charge < -0.3 is 0 Å². The van der Waals surface area contributed by atoms with Crippen molar-refractivity contribution in [1.82, 2.24) is 0 Å². The highest BCUT2D eigenvalue weighted by Gasteiger charge is 2.37. The molecule has 0 aliphatic heterocycles. The Morgan fingerprint density at radius 1 is 1.33 bits per heavy atom. The molecule has 15 heavy (non-hydrogen) atoms.